The molecule has 2 aromatic carbocycles. The van der Waals surface area contributed by atoms with Gasteiger partial charge in [-0.05, 0) is 68.0 Å². The van der Waals surface area contributed by atoms with Crippen LogP contribution in [0.4, 0.5) is 0 Å². The molecule has 0 saturated heterocycles. The fraction of sp³-hybridized carbons (Fsp3) is 0.455. The maximum absolute atomic E-state index is 5.78. The molecule has 1 unspecified atom stereocenters. The Bertz CT molecular complexity index is 604. The van der Waals surface area contributed by atoms with E-state index in [9.17, 15) is 0 Å². The number of hydrogen-bond acceptors (Lipinski definition) is 2. The zero-order valence-electron chi connectivity index (χ0n) is 15.5. The van der Waals surface area contributed by atoms with Gasteiger partial charge in [0.05, 0.1) is 6.61 Å². The highest BCUT2D eigenvalue weighted by Gasteiger charge is 2.06. The first-order chi connectivity index (χ1) is 11.6. The van der Waals surface area contributed by atoms with Crippen LogP contribution in [-0.2, 0) is 6.42 Å². The SMILES string of the molecule is Cc1ccccc1CCNC(C)c1ccc(OCCC(C)C)cc1. The molecule has 2 aromatic rings. The zero-order valence-corrected chi connectivity index (χ0v) is 15.5. The van der Waals surface area contributed by atoms with Crippen LogP contribution in [0.1, 0.15) is 49.9 Å². The van der Waals surface area contributed by atoms with Crippen molar-refractivity contribution in [1.82, 2.24) is 5.32 Å². The quantitative estimate of drug-likeness (QED) is 0.674. The van der Waals surface area contributed by atoms with E-state index < -0.39 is 0 Å². The van der Waals surface area contributed by atoms with Crippen LogP contribution in [0.25, 0.3) is 0 Å². The molecule has 0 spiro atoms. The maximum Gasteiger partial charge on any atom is 0.119 e. The van der Waals surface area contributed by atoms with E-state index in [2.05, 4.69) is 81.5 Å². The third-order valence-electron chi connectivity index (χ3n) is 4.45. The first-order valence-electron chi connectivity index (χ1n) is 9.07. The molecule has 0 aliphatic heterocycles. The molecule has 0 saturated carbocycles. The van der Waals surface area contributed by atoms with E-state index >= 15 is 0 Å². The second-order valence-electron chi connectivity index (χ2n) is 6.95. The number of benzene rings is 2. The summed E-state index contributed by atoms with van der Waals surface area (Å²) in [5, 5.41) is 3.61. The Morgan fingerprint density at radius 2 is 1.67 bits per heavy atom. The van der Waals surface area contributed by atoms with E-state index in [0.717, 1.165) is 31.7 Å². The fourth-order valence-electron chi connectivity index (χ4n) is 2.70. The van der Waals surface area contributed by atoms with E-state index in [4.69, 9.17) is 4.74 Å². The topological polar surface area (TPSA) is 21.3 Å². The smallest absolute Gasteiger partial charge is 0.119 e. The molecule has 0 aromatic heterocycles. The Morgan fingerprint density at radius 1 is 0.958 bits per heavy atom. The summed E-state index contributed by atoms with van der Waals surface area (Å²) in [7, 11) is 0. The molecule has 2 rings (SSSR count). The highest BCUT2D eigenvalue weighted by Crippen LogP contribution is 2.18. The van der Waals surface area contributed by atoms with Crippen molar-refractivity contribution < 1.29 is 4.74 Å². The molecule has 0 heterocycles. The number of rotatable bonds is 9. The average Bonchev–Trinajstić information content (AvgIpc) is 2.57. The summed E-state index contributed by atoms with van der Waals surface area (Å²) in [6.45, 7) is 10.6. The minimum atomic E-state index is 0.346. The summed E-state index contributed by atoms with van der Waals surface area (Å²) >= 11 is 0. The van der Waals surface area contributed by atoms with Crippen molar-refractivity contribution in [1.29, 1.82) is 0 Å². The molecule has 0 amide bonds. The zero-order chi connectivity index (χ0) is 17.4. The monoisotopic (exact) mass is 325 g/mol. The number of hydrogen-bond donors (Lipinski definition) is 1. The third kappa shape index (κ3) is 6.01. The molecule has 0 radical (unpaired) electrons. The standard InChI is InChI=1S/C22H31NO/c1-17(2)14-16-24-22-11-9-21(10-12-22)19(4)23-15-13-20-8-6-5-7-18(20)3/h5-12,17,19,23H,13-16H2,1-4H3. The van der Waals surface area contributed by atoms with Gasteiger partial charge < -0.3 is 10.1 Å². The highest BCUT2D eigenvalue weighted by molar-refractivity contribution is 5.29. The molecule has 0 fully saturated rings. The summed E-state index contributed by atoms with van der Waals surface area (Å²) in [5.41, 5.74) is 4.09. The van der Waals surface area contributed by atoms with Gasteiger partial charge in [-0.15, -0.1) is 0 Å². The van der Waals surface area contributed by atoms with Crippen LogP contribution in [-0.4, -0.2) is 13.2 Å². The molecule has 130 valence electrons. The lowest BCUT2D eigenvalue weighted by Gasteiger charge is -2.16. The lowest BCUT2D eigenvalue weighted by molar-refractivity contribution is 0.289. The summed E-state index contributed by atoms with van der Waals surface area (Å²) in [4.78, 5) is 0. The highest BCUT2D eigenvalue weighted by atomic mass is 16.5. The number of ether oxygens (including phenoxy) is 1. The van der Waals surface area contributed by atoms with Crippen LogP contribution in [0.3, 0.4) is 0 Å². The fourth-order valence-corrected chi connectivity index (χ4v) is 2.70. The van der Waals surface area contributed by atoms with Gasteiger partial charge in [-0.2, -0.15) is 0 Å². The van der Waals surface area contributed by atoms with Gasteiger partial charge in [0.15, 0.2) is 0 Å². The summed E-state index contributed by atoms with van der Waals surface area (Å²) in [6, 6.07) is 17.4. The van der Waals surface area contributed by atoms with Gasteiger partial charge in [0, 0.05) is 6.04 Å². The Kier molecular flexibility index (Phi) is 7.33. The summed E-state index contributed by atoms with van der Waals surface area (Å²) < 4.78 is 5.78. The molecule has 2 nitrogen and oxygen atoms in total. The lowest BCUT2D eigenvalue weighted by atomic mass is 10.0. The van der Waals surface area contributed by atoms with E-state index in [0.29, 0.717) is 12.0 Å². The van der Waals surface area contributed by atoms with Gasteiger partial charge in [0.2, 0.25) is 0 Å². The van der Waals surface area contributed by atoms with Gasteiger partial charge in [0.1, 0.15) is 5.75 Å². The van der Waals surface area contributed by atoms with Crippen molar-refractivity contribution in [2.24, 2.45) is 5.92 Å². The van der Waals surface area contributed by atoms with Crippen LogP contribution in [0.2, 0.25) is 0 Å². The van der Waals surface area contributed by atoms with E-state index in [-0.39, 0.29) is 0 Å². The molecule has 0 bridgehead atoms. The van der Waals surface area contributed by atoms with Gasteiger partial charge >= 0.3 is 0 Å². The summed E-state index contributed by atoms with van der Waals surface area (Å²) in [5.74, 6) is 1.65. The number of aryl methyl sites for hydroxylation is 1. The molecular weight excluding hydrogens is 294 g/mol. The normalized spacial score (nSPS) is 12.4. The van der Waals surface area contributed by atoms with E-state index in [1.54, 1.807) is 0 Å². The molecule has 24 heavy (non-hydrogen) atoms. The largest absolute Gasteiger partial charge is 0.494 e. The molecule has 2 heteroatoms. The minimum Gasteiger partial charge on any atom is -0.494 e. The molecule has 1 N–H and O–H groups in total. The van der Waals surface area contributed by atoms with Gasteiger partial charge in [-0.3, -0.25) is 0 Å². The Balaban J connectivity index is 1.78. The van der Waals surface area contributed by atoms with Crippen molar-refractivity contribution >= 4 is 0 Å². The van der Waals surface area contributed by atoms with Crippen LogP contribution in [0.5, 0.6) is 5.75 Å². The van der Waals surface area contributed by atoms with Crippen molar-refractivity contribution in [3.63, 3.8) is 0 Å². The second kappa shape index (κ2) is 9.48. The first-order valence-corrected chi connectivity index (χ1v) is 9.07. The van der Waals surface area contributed by atoms with Gasteiger partial charge in [-0.1, -0.05) is 50.2 Å². The lowest BCUT2D eigenvalue weighted by Crippen LogP contribution is -2.21. The molecule has 0 aliphatic carbocycles. The summed E-state index contributed by atoms with van der Waals surface area (Å²) in [6.07, 6.45) is 2.16. The average molecular weight is 325 g/mol. The Morgan fingerprint density at radius 3 is 2.33 bits per heavy atom. The Hall–Kier alpha value is -1.80. The van der Waals surface area contributed by atoms with E-state index in [1.165, 1.54) is 16.7 Å². The maximum atomic E-state index is 5.78. The molecule has 0 aliphatic rings. The van der Waals surface area contributed by atoms with Crippen molar-refractivity contribution in [3.05, 3.63) is 65.2 Å². The van der Waals surface area contributed by atoms with Crippen molar-refractivity contribution in [3.8, 4) is 5.75 Å². The van der Waals surface area contributed by atoms with Gasteiger partial charge in [-0.25, -0.2) is 0 Å². The number of nitrogens with one attached hydrogen (secondary N) is 1. The predicted octanol–water partition coefficient (Wildman–Crippen LogP) is 5.31. The van der Waals surface area contributed by atoms with Crippen LogP contribution < -0.4 is 10.1 Å². The molecule has 1 atom stereocenters. The van der Waals surface area contributed by atoms with Crippen LogP contribution in [0, 0.1) is 12.8 Å². The van der Waals surface area contributed by atoms with Crippen LogP contribution in [0.15, 0.2) is 48.5 Å². The first kappa shape index (κ1) is 18.5. The molecular formula is C22H31NO. The second-order valence-corrected chi connectivity index (χ2v) is 6.95. The van der Waals surface area contributed by atoms with Crippen molar-refractivity contribution in [2.45, 2.75) is 46.6 Å². The Labute approximate surface area is 147 Å². The third-order valence-corrected chi connectivity index (χ3v) is 4.45. The van der Waals surface area contributed by atoms with Crippen LogP contribution >= 0.6 is 0 Å². The predicted molar refractivity (Wildman–Crippen MR) is 103 cm³/mol. The van der Waals surface area contributed by atoms with Gasteiger partial charge in [0.25, 0.3) is 0 Å². The van der Waals surface area contributed by atoms with E-state index in [1.807, 2.05) is 0 Å². The van der Waals surface area contributed by atoms with Crippen molar-refractivity contribution in [2.75, 3.05) is 13.2 Å². The minimum absolute atomic E-state index is 0.346.